The molecule has 0 aliphatic carbocycles. The van der Waals surface area contributed by atoms with Crippen LogP contribution in [0, 0.1) is 5.82 Å². The third kappa shape index (κ3) is 4.52. The summed E-state index contributed by atoms with van der Waals surface area (Å²) in [6.45, 7) is 9.18. The van der Waals surface area contributed by atoms with E-state index < -0.39 is 11.4 Å². The zero-order chi connectivity index (χ0) is 26.8. The number of pyridine rings is 1. The first kappa shape index (κ1) is 26.1. The molecule has 4 aliphatic rings. The van der Waals surface area contributed by atoms with E-state index in [1.807, 2.05) is 30.6 Å². The van der Waals surface area contributed by atoms with Crippen molar-refractivity contribution in [2.24, 2.45) is 0 Å². The van der Waals surface area contributed by atoms with Gasteiger partial charge in [0.05, 0.1) is 23.0 Å². The van der Waals surface area contributed by atoms with E-state index in [1.165, 1.54) is 0 Å². The number of anilines is 1. The molecule has 2 aromatic heterocycles. The first-order valence-corrected chi connectivity index (χ1v) is 14.2. The Morgan fingerprint density at radius 2 is 1.71 bits per heavy atom. The fourth-order valence-corrected chi connectivity index (χ4v) is 7.18. The fourth-order valence-electron chi connectivity index (χ4n) is 6.71. The van der Waals surface area contributed by atoms with E-state index in [2.05, 4.69) is 14.9 Å². The molecule has 0 aromatic carbocycles. The van der Waals surface area contributed by atoms with Crippen molar-refractivity contribution in [1.29, 1.82) is 0 Å². The molecule has 38 heavy (non-hydrogen) atoms. The Balaban J connectivity index is 1.33. The molecule has 0 saturated carbocycles. The lowest BCUT2D eigenvalue weighted by Crippen LogP contribution is -2.57. The third-order valence-corrected chi connectivity index (χ3v) is 8.85. The van der Waals surface area contributed by atoms with Crippen molar-refractivity contribution in [3.05, 3.63) is 16.1 Å². The van der Waals surface area contributed by atoms with Gasteiger partial charge in [-0.3, -0.25) is 9.80 Å². The lowest BCUT2D eigenvalue weighted by Gasteiger charge is -2.42. The zero-order valence-electron chi connectivity index (χ0n) is 22.0. The number of nitrogens with zero attached hydrogens (tertiary/aromatic N) is 6. The third-order valence-electron chi connectivity index (χ3n) is 8.33. The van der Waals surface area contributed by atoms with Gasteiger partial charge < -0.3 is 14.4 Å². The maximum atomic E-state index is 15.3. The summed E-state index contributed by atoms with van der Waals surface area (Å²) >= 11 is 12.6. The topological polar surface area (TPSA) is 83.9 Å². The molecule has 2 aromatic rings. The molecule has 12 heteroatoms. The number of fused-ring (bicyclic) bond motifs is 4. The van der Waals surface area contributed by atoms with Crippen LogP contribution in [0.5, 0.6) is 6.01 Å². The number of carbonyl (C=O) groups is 1. The number of piperazine rings is 1. The molecule has 1 amide bonds. The first-order chi connectivity index (χ1) is 18.0. The number of carbonyl (C=O) groups excluding carboxylic acids is 1. The Kier molecular flexibility index (Phi) is 6.51. The second-order valence-electron chi connectivity index (χ2n) is 11.9. The lowest BCUT2D eigenvalue weighted by molar-refractivity contribution is 0.0122. The summed E-state index contributed by atoms with van der Waals surface area (Å²) in [5.41, 5.74) is -0.598. The van der Waals surface area contributed by atoms with E-state index in [0.29, 0.717) is 30.9 Å². The van der Waals surface area contributed by atoms with Gasteiger partial charge in [0.15, 0.2) is 11.0 Å². The van der Waals surface area contributed by atoms with E-state index >= 15 is 4.39 Å². The van der Waals surface area contributed by atoms with Gasteiger partial charge in [0.2, 0.25) is 0 Å². The molecular formula is C26H33Cl2FN6O3. The van der Waals surface area contributed by atoms with E-state index in [0.717, 1.165) is 51.6 Å². The summed E-state index contributed by atoms with van der Waals surface area (Å²) in [6, 6.07) is -0.0302. The van der Waals surface area contributed by atoms with Crippen LogP contribution < -0.4 is 9.64 Å². The molecule has 9 nitrogen and oxygen atoms in total. The first-order valence-electron chi connectivity index (χ1n) is 13.4. The van der Waals surface area contributed by atoms with Crippen molar-refractivity contribution in [3.8, 4) is 6.01 Å². The highest BCUT2D eigenvalue weighted by atomic mass is 35.5. The summed E-state index contributed by atoms with van der Waals surface area (Å²) in [5, 5.41) is -0.0111. The summed E-state index contributed by atoms with van der Waals surface area (Å²) in [4.78, 5) is 32.5. The van der Waals surface area contributed by atoms with Crippen molar-refractivity contribution in [2.45, 2.75) is 82.5 Å². The Hall–Kier alpha value is -2.17. The average Bonchev–Trinajstić information content (AvgIpc) is 3.50. The van der Waals surface area contributed by atoms with Crippen molar-refractivity contribution < 1.29 is 18.7 Å². The number of rotatable bonds is 4. The monoisotopic (exact) mass is 566 g/mol. The lowest BCUT2D eigenvalue weighted by atomic mass is 9.95. The predicted molar refractivity (Wildman–Crippen MR) is 143 cm³/mol. The summed E-state index contributed by atoms with van der Waals surface area (Å²) in [6.07, 6.45) is 5.80. The number of hydrogen-bond donors (Lipinski definition) is 0. The highest BCUT2D eigenvalue weighted by Crippen LogP contribution is 2.41. The van der Waals surface area contributed by atoms with Crippen LogP contribution in [0.4, 0.5) is 15.0 Å². The van der Waals surface area contributed by atoms with Gasteiger partial charge in [0.1, 0.15) is 28.7 Å². The second kappa shape index (κ2) is 9.48. The van der Waals surface area contributed by atoms with Crippen LogP contribution in [0.15, 0.2) is 0 Å². The summed E-state index contributed by atoms with van der Waals surface area (Å²) in [5.74, 6) is -0.303. The van der Waals surface area contributed by atoms with Crippen molar-refractivity contribution >= 4 is 46.0 Å². The quantitative estimate of drug-likeness (QED) is 0.474. The molecule has 4 fully saturated rings. The van der Waals surface area contributed by atoms with Crippen LogP contribution in [-0.2, 0) is 4.74 Å². The van der Waals surface area contributed by atoms with Crippen LogP contribution >= 0.6 is 23.2 Å². The molecule has 4 aliphatic heterocycles. The largest absolute Gasteiger partial charge is 0.461 e. The summed E-state index contributed by atoms with van der Waals surface area (Å²) < 4.78 is 27.1. The SMILES string of the molecule is CC(C)(C)OC(=O)N1C2CCC1CN(c1nc(OCC34CCCN3CCC4)nc3c(F)c(Cl)nc(Cl)c13)C2. The van der Waals surface area contributed by atoms with Gasteiger partial charge in [-0.2, -0.15) is 9.97 Å². The molecular weight excluding hydrogens is 534 g/mol. The minimum Gasteiger partial charge on any atom is -0.461 e. The number of ether oxygens (including phenoxy) is 2. The Labute approximate surface area is 231 Å². The van der Waals surface area contributed by atoms with Crippen molar-refractivity contribution in [3.63, 3.8) is 0 Å². The maximum Gasteiger partial charge on any atom is 0.410 e. The van der Waals surface area contributed by atoms with Gasteiger partial charge in [0.25, 0.3) is 0 Å². The molecule has 0 N–H and O–H groups in total. The highest BCUT2D eigenvalue weighted by Gasteiger charge is 2.46. The number of hydrogen-bond acceptors (Lipinski definition) is 8. The van der Waals surface area contributed by atoms with E-state index in [4.69, 9.17) is 37.7 Å². The fraction of sp³-hybridized carbons (Fsp3) is 0.692. The molecule has 2 atom stereocenters. The Morgan fingerprint density at radius 1 is 1.05 bits per heavy atom. The van der Waals surface area contributed by atoms with Gasteiger partial charge >= 0.3 is 12.1 Å². The molecule has 2 bridgehead atoms. The number of aromatic nitrogens is 3. The van der Waals surface area contributed by atoms with Gasteiger partial charge in [-0.05, 0) is 72.4 Å². The molecule has 2 unspecified atom stereocenters. The normalized spacial score (nSPS) is 24.8. The van der Waals surface area contributed by atoms with Crippen LogP contribution in [-0.4, -0.2) is 86.9 Å². The highest BCUT2D eigenvalue weighted by molar-refractivity contribution is 6.37. The van der Waals surface area contributed by atoms with Gasteiger partial charge in [-0.1, -0.05) is 23.2 Å². The van der Waals surface area contributed by atoms with Crippen LogP contribution in [0.25, 0.3) is 10.9 Å². The van der Waals surface area contributed by atoms with Gasteiger partial charge in [-0.15, -0.1) is 0 Å². The molecule has 0 spiro atoms. The smallest absolute Gasteiger partial charge is 0.410 e. The maximum absolute atomic E-state index is 15.3. The predicted octanol–water partition coefficient (Wildman–Crippen LogP) is 5.07. The van der Waals surface area contributed by atoms with Crippen LogP contribution in [0.3, 0.4) is 0 Å². The standard InChI is InChI=1S/C26H33Cl2FN6O3/c1-25(2,3)38-24(36)35-15-6-7-16(35)13-33(12-15)22-17-19(18(29)21(28)31-20(17)27)30-23(32-22)37-14-26-8-4-10-34(26)11-5-9-26/h15-16H,4-14H2,1-3H3. The molecule has 6 heterocycles. The molecule has 0 radical (unpaired) electrons. The number of amides is 1. The van der Waals surface area contributed by atoms with Crippen molar-refractivity contribution in [1.82, 2.24) is 24.8 Å². The Bertz CT molecular complexity index is 1250. The second-order valence-corrected chi connectivity index (χ2v) is 12.7. The van der Waals surface area contributed by atoms with E-state index in [1.54, 1.807) is 0 Å². The minimum atomic E-state index is -0.753. The van der Waals surface area contributed by atoms with Crippen molar-refractivity contribution in [2.75, 3.05) is 37.7 Å². The number of halogens is 3. The summed E-state index contributed by atoms with van der Waals surface area (Å²) in [7, 11) is 0. The zero-order valence-corrected chi connectivity index (χ0v) is 23.5. The minimum absolute atomic E-state index is 0.0101. The molecule has 4 saturated heterocycles. The van der Waals surface area contributed by atoms with E-state index in [9.17, 15) is 4.79 Å². The average molecular weight is 567 g/mol. The Morgan fingerprint density at radius 3 is 2.34 bits per heavy atom. The molecule has 206 valence electrons. The van der Waals surface area contributed by atoms with Gasteiger partial charge in [-0.25, -0.2) is 14.2 Å². The van der Waals surface area contributed by atoms with E-state index in [-0.39, 0.29) is 45.5 Å². The van der Waals surface area contributed by atoms with Crippen LogP contribution in [0.1, 0.15) is 59.3 Å². The van der Waals surface area contributed by atoms with Gasteiger partial charge in [0, 0.05) is 13.1 Å². The van der Waals surface area contributed by atoms with Crippen LogP contribution in [0.2, 0.25) is 10.3 Å². The molecule has 6 rings (SSSR count).